The average molecular weight is 369 g/mol. The molecule has 0 bridgehead atoms. The highest BCUT2D eigenvalue weighted by Gasteiger charge is 2.21. The molecule has 144 valence electrons. The maximum absolute atomic E-state index is 12.5. The molecule has 1 aliphatic rings. The standard InChI is InChI=1S/C22H27NO4/c1-14(2)22(17-6-8-19-20(12-17)26-10-9-25-19)23-21(24)13-27-18-7-5-15(3)16(4)11-18/h5-8,11-12,14,22H,9-10,13H2,1-4H3,(H,23,24)/t22-/m0/s1. The minimum Gasteiger partial charge on any atom is -0.486 e. The van der Waals surface area contributed by atoms with Crippen molar-refractivity contribution in [1.82, 2.24) is 5.32 Å². The number of carbonyl (C=O) groups excluding carboxylic acids is 1. The Kier molecular flexibility index (Phi) is 5.89. The van der Waals surface area contributed by atoms with Gasteiger partial charge in [0.2, 0.25) is 0 Å². The van der Waals surface area contributed by atoms with Gasteiger partial charge in [0, 0.05) is 0 Å². The summed E-state index contributed by atoms with van der Waals surface area (Å²) in [5.41, 5.74) is 3.34. The highest BCUT2D eigenvalue weighted by molar-refractivity contribution is 5.78. The first-order valence-corrected chi connectivity index (χ1v) is 9.33. The van der Waals surface area contributed by atoms with Crippen molar-refractivity contribution in [3.63, 3.8) is 0 Å². The Balaban J connectivity index is 1.65. The first kappa shape index (κ1) is 19.1. The van der Waals surface area contributed by atoms with E-state index >= 15 is 0 Å². The fraction of sp³-hybridized carbons (Fsp3) is 0.409. The third kappa shape index (κ3) is 4.73. The van der Waals surface area contributed by atoms with Crippen LogP contribution in [0.2, 0.25) is 0 Å². The molecule has 3 rings (SSSR count). The van der Waals surface area contributed by atoms with E-state index < -0.39 is 0 Å². The monoisotopic (exact) mass is 369 g/mol. The van der Waals surface area contributed by atoms with E-state index in [2.05, 4.69) is 19.2 Å². The van der Waals surface area contributed by atoms with Gasteiger partial charge < -0.3 is 19.5 Å². The number of carbonyl (C=O) groups is 1. The number of aryl methyl sites for hydroxylation is 2. The summed E-state index contributed by atoms with van der Waals surface area (Å²) in [5, 5.41) is 3.08. The number of fused-ring (bicyclic) bond motifs is 1. The zero-order chi connectivity index (χ0) is 19.4. The van der Waals surface area contributed by atoms with E-state index in [-0.39, 0.29) is 24.5 Å². The Hall–Kier alpha value is -2.69. The van der Waals surface area contributed by atoms with Crippen molar-refractivity contribution in [3.8, 4) is 17.2 Å². The summed E-state index contributed by atoms with van der Waals surface area (Å²) < 4.78 is 16.9. The van der Waals surface area contributed by atoms with E-state index in [0.717, 1.165) is 22.6 Å². The van der Waals surface area contributed by atoms with Crippen LogP contribution in [0, 0.1) is 19.8 Å². The summed E-state index contributed by atoms with van der Waals surface area (Å²) >= 11 is 0. The van der Waals surface area contributed by atoms with E-state index in [9.17, 15) is 4.79 Å². The van der Waals surface area contributed by atoms with Crippen LogP contribution < -0.4 is 19.5 Å². The third-order valence-corrected chi connectivity index (χ3v) is 4.76. The molecule has 0 spiro atoms. The first-order chi connectivity index (χ1) is 12.9. The molecule has 1 heterocycles. The summed E-state index contributed by atoms with van der Waals surface area (Å²) in [4.78, 5) is 12.5. The van der Waals surface area contributed by atoms with Gasteiger partial charge in [0.25, 0.3) is 5.91 Å². The molecular weight excluding hydrogens is 342 g/mol. The Bertz CT molecular complexity index is 816. The quantitative estimate of drug-likeness (QED) is 0.837. The van der Waals surface area contributed by atoms with Gasteiger partial charge in [0.15, 0.2) is 18.1 Å². The van der Waals surface area contributed by atoms with Gasteiger partial charge in [0.05, 0.1) is 6.04 Å². The van der Waals surface area contributed by atoms with Crippen LogP contribution in [0.4, 0.5) is 0 Å². The Morgan fingerprint density at radius 2 is 1.78 bits per heavy atom. The molecule has 0 unspecified atom stereocenters. The summed E-state index contributed by atoms with van der Waals surface area (Å²) in [5.74, 6) is 2.25. The van der Waals surface area contributed by atoms with E-state index in [1.807, 2.05) is 50.2 Å². The molecule has 0 aromatic heterocycles. The van der Waals surface area contributed by atoms with Crippen LogP contribution in [0.1, 0.15) is 36.6 Å². The van der Waals surface area contributed by atoms with Crippen molar-refractivity contribution in [2.75, 3.05) is 19.8 Å². The summed E-state index contributed by atoms with van der Waals surface area (Å²) in [6, 6.07) is 11.5. The number of ether oxygens (including phenoxy) is 3. The van der Waals surface area contributed by atoms with Gasteiger partial charge in [-0.25, -0.2) is 0 Å². The van der Waals surface area contributed by atoms with Gasteiger partial charge in [0.1, 0.15) is 19.0 Å². The largest absolute Gasteiger partial charge is 0.486 e. The minimum atomic E-state index is -0.151. The van der Waals surface area contributed by atoms with Gasteiger partial charge in [-0.15, -0.1) is 0 Å². The molecule has 27 heavy (non-hydrogen) atoms. The lowest BCUT2D eigenvalue weighted by Crippen LogP contribution is -2.35. The van der Waals surface area contributed by atoms with Crippen LogP contribution in [0.3, 0.4) is 0 Å². The number of rotatable bonds is 6. The lowest BCUT2D eigenvalue weighted by molar-refractivity contribution is -0.124. The molecule has 2 aromatic rings. The first-order valence-electron chi connectivity index (χ1n) is 9.33. The zero-order valence-electron chi connectivity index (χ0n) is 16.4. The highest BCUT2D eigenvalue weighted by Crippen LogP contribution is 2.34. The van der Waals surface area contributed by atoms with E-state index in [4.69, 9.17) is 14.2 Å². The van der Waals surface area contributed by atoms with Crippen LogP contribution >= 0.6 is 0 Å². The van der Waals surface area contributed by atoms with Gasteiger partial charge >= 0.3 is 0 Å². The van der Waals surface area contributed by atoms with Gasteiger partial charge in [-0.3, -0.25) is 4.79 Å². The number of benzene rings is 2. The van der Waals surface area contributed by atoms with Crippen molar-refractivity contribution in [2.24, 2.45) is 5.92 Å². The molecule has 0 fully saturated rings. The highest BCUT2D eigenvalue weighted by atomic mass is 16.6. The second kappa shape index (κ2) is 8.33. The molecule has 5 heteroatoms. The van der Waals surface area contributed by atoms with Gasteiger partial charge in [-0.05, 0) is 60.7 Å². The van der Waals surface area contributed by atoms with Crippen LogP contribution in [0.15, 0.2) is 36.4 Å². The van der Waals surface area contributed by atoms with Crippen LogP contribution in [-0.4, -0.2) is 25.7 Å². The van der Waals surface area contributed by atoms with E-state index in [1.54, 1.807) is 0 Å². The number of nitrogens with one attached hydrogen (secondary N) is 1. The molecule has 1 N–H and O–H groups in total. The summed E-state index contributed by atoms with van der Waals surface area (Å²) in [6.45, 7) is 9.31. The van der Waals surface area contributed by atoms with E-state index in [0.29, 0.717) is 19.0 Å². The molecular formula is C22H27NO4. The Morgan fingerprint density at radius 1 is 1.04 bits per heavy atom. The molecule has 0 saturated carbocycles. The topological polar surface area (TPSA) is 56.8 Å². The molecule has 0 radical (unpaired) electrons. The molecule has 5 nitrogen and oxygen atoms in total. The zero-order valence-corrected chi connectivity index (χ0v) is 16.4. The summed E-state index contributed by atoms with van der Waals surface area (Å²) in [7, 11) is 0. The van der Waals surface area contributed by atoms with Crippen molar-refractivity contribution >= 4 is 5.91 Å². The molecule has 1 atom stereocenters. The number of amides is 1. The lowest BCUT2D eigenvalue weighted by atomic mass is 9.95. The van der Waals surface area contributed by atoms with Crippen molar-refractivity contribution in [1.29, 1.82) is 0 Å². The van der Waals surface area contributed by atoms with Crippen molar-refractivity contribution in [3.05, 3.63) is 53.1 Å². The van der Waals surface area contributed by atoms with Crippen LogP contribution in [-0.2, 0) is 4.79 Å². The Labute approximate surface area is 160 Å². The van der Waals surface area contributed by atoms with Crippen LogP contribution in [0.5, 0.6) is 17.2 Å². The maximum Gasteiger partial charge on any atom is 0.258 e. The maximum atomic E-state index is 12.5. The summed E-state index contributed by atoms with van der Waals surface area (Å²) in [6.07, 6.45) is 0. The van der Waals surface area contributed by atoms with Crippen molar-refractivity contribution in [2.45, 2.75) is 33.7 Å². The Morgan fingerprint density at radius 3 is 2.48 bits per heavy atom. The van der Waals surface area contributed by atoms with Gasteiger partial charge in [-0.1, -0.05) is 26.0 Å². The smallest absolute Gasteiger partial charge is 0.258 e. The normalized spacial score (nSPS) is 14.0. The molecule has 0 aliphatic carbocycles. The predicted octanol–water partition coefficient (Wildman–Crippen LogP) is 3.97. The number of hydrogen-bond donors (Lipinski definition) is 1. The average Bonchev–Trinajstić information content (AvgIpc) is 2.66. The molecule has 2 aromatic carbocycles. The lowest BCUT2D eigenvalue weighted by Gasteiger charge is -2.25. The molecule has 0 saturated heterocycles. The van der Waals surface area contributed by atoms with E-state index in [1.165, 1.54) is 5.56 Å². The fourth-order valence-electron chi connectivity index (χ4n) is 3.06. The van der Waals surface area contributed by atoms with Crippen molar-refractivity contribution < 1.29 is 19.0 Å². The van der Waals surface area contributed by atoms with Gasteiger partial charge in [-0.2, -0.15) is 0 Å². The fourth-order valence-corrected chi connectivity index (χ4v) is 3.06. The minimum absolute atomic E-state index is 0.0176. The SMILES string of the molecule is Cc1ccc(OCC(=O)N[C@H](c2ccc3c(c2)OCCO3)C(C)C)cc1C. The predicted molar refractivity (Wildman–Crippen MR) is 105 cm³/mol. The second-order valence-corrected chi connectivity index (χ2v) is 7.23. The third-order valence-electron chi connectivity index (χ3n) is 4.76. The molecule has 1 aliphatic heterocycles. The second-order valence-electron chi connectivity index (χ2n) is 7.23. The van der Waals surface area contributed by atoms with Crippen LogP contribution in [0.25, 0.3) is 0 Å². The number of hydrogen-bond acceptors (Lipinski definition) is 4. The molecule has 1 amide bonds.